The molecule has 1 aliphatic heterocycles. The number of benzene rings is 1. The van der Waals surface area contributed by atoms with Crippen LogP contribution in [0.5, 0.6) is 0 Å². The second-order valence-electron chi connectivity index (χ2n) is 6.65. The van der Waals surface area contributed by atoms with Crippen LogP contribution in [-0.2, 0) is 10.0 Å². The molecule has 30 heavy (non-hydrogen) atoms. The van der Waals surface area contributed by atoms with Crippen molar-refractivity contribution in [3.8, 4) is 11.5 Å². The molecule has 3 aromatic rings. The Balaban J connectivity index is 1.52. The Labute approximate surface area is 180 Å². The van der Waals surface area contributed by atoms with Gasteiger partial charge < -0.3 is 9.32 Å². The lowest BCUT2D eigenvalue weighted by atomic mass is 10.1. The summed E-state index contributed by atoms with van der Waals surface area (Å²) >= 11 is 6.82. The lowest BCUT2D eigenvalue weighted by molar-refractivity contribution is 0.0684. The van der Waals surface area contributed by atoms with Crippen LogP contribution >= 0.6 is 22.9 Å². The maximum absolute atomic E-state index is 13.2. The molecule has 1 fully saturated rings. The summed E-state index contributed by atoms with van der Waals surface area (Å²) in [5, 5.41) is 9.14. The monoisotopic (exact) mass is 470 g/mol. The summed E-state index contributed by atoms with van der Waals surface area (Å²) in [6, 6.07) is 4.70. The van der Waals surface area contributed by atoms with Gasteiger partial charge in [0, 0.05) is 18.5 Å². The van der Waals surface area contributed by atoms with E-state index >= 15 is 0 Å². The molecule has 4 rings (SSSR count). The maximum atomic E-state index is 13.2. The molecule has 158 valence electrons. The zero-order valence-corrected chi connectivity index (χ0v) is 17.9. The summed E-state index contributed by atoms with van der Waals surface area (Å²) in [6.07, 6.45) is 2.95. The van der Waals surface area contributed by atoms with E-state index in [9.17, 15) is 17.6 Å². The number of sulfonamides is 1. The molecule has 0 radical (unpaired) electrons. The second-order valence-corrected chi connectivity index (χ2v) is 9.88. The fourth-order valence-corrected chi connectivity index (χ4v) is 5.50. The maximum Gasteiger partial charge on any atom is 0.311 e. The average molecular weight is 471 g/mol. The van der Waals surface area contributed by atoms with E-state index in [1.165, 1.54) is 17.5 Å². The highest BCUT2D eigenvalue weighted by Gasteiger charge is 2.25. The van der Waals surface area contributed by atoms with Crippen LogP contribution in [-0.4, -0.2) is 42.5 Å². The van der Waals surface area contributed by atoms with Crippen LogP contribution in [0.4, 0.5) is 10.1 Å². The number of likely N-dealkylation sites (tertiary alicyclic amines) is 1. The van der Waals surface area contributed by atoms with Crippen molar-refractivity contribution in [1.82, 2.24) is 15.1 Å². The number of halogens is 2. The first-order valence-electron chi connectivity index (χ1n) is 9.03. The van der Waals surface area contributed by atoms with Gasteiger partial charge in [-0.1, -0.05) is 11.6 Å². The molecule has 0 spiro atoms. The summed E-state index contributed by atoms with van der Waals surface area (Å²) < 4.78 is 46.2. The summed E-state index contributed by atoms with van der Waals surface area (Å²) in [7, 11) is -3.97. The van der Waals surface area contributed by atoms with Crippen LogP contribution in [0.15, 0.2) is 38.3 Å². The minimum atomic E-state index is -3.97. The third-order valence-electron chi connectivity index (χ3n) is 4.51. The van der Waals surface area contributed by atoms with Crippen LogP contribution in [0.3, 0.4) is 0 Å². The number of amides is 1. The third kappa shape index (κ3) is 4.32. The number of hydrogen-bond donors (Lipinski definition) is 1. The minimum absolute atomic E-state index is 0.0278. The Bertz CT molecular complexity index is 1190. The highest BCUT2D eigenvalue weighted by atomic mass is 35.5. The number of hydrogen-bond acceptors (Lipinski definition) is 7. The van der Waals surface area contributed by atoms with E-state index in [1.54, 1.807) is 4.90 Å². The van der Waals surface area contributed by atoms with E-state index in [2.05, 4.69) is 14.9 Å². The number of carbonyl (C=O) groups is 1. The van der Waals surface area contributed by atoms with Crippen molar-refractivity contribution in [1.29, 1.82) is 0 Å². The largest absolute Gasteiger partial charge is 0.412 e. The fraction of sp³-hybridized carbons (Fsp3) is 0.278. The van der Waals surface area contributed by atoms with Gasteiger partial charge in [0.05, 0.1) is 16.3 Å². The molecule has 1 saturated heterocycles. The van der Waals surface area contributed by atoms with Crippen LogP contribution in [0.1, 0.15) is 29.9 Å². The minimum Gasteiger partial charge on any atom is -0.412 e. The second kappa shape index (κ2) is 8.32. The molecule has 1 aliphatic rings. The first kappa shape index (κ1) is 20.8. The van der Waals surface area contributed by atoms with Crippen LogP contribution in [0, 0.1) is 5.82 Å². The van der Waals surface area contributed by atoms with E-state index in [-0.39, 0.29) is 32.6 Å². The number of aromatic nitrogens is 2. The first-order chi connectivity index (χ1) is 14.3. The molecule has 8 nitrogen and oxygen atoms in total. The van der Waals surface area contributed by atoms with Gasteiger partial charge in [0.25, 0.3) is 10.0 Å². The molecule has 3 heterocycles. The third-order valence-corrected chi connectivity index (χ3v) is 7.63. The molecule has 1 aromatic carbocycles. The molecule has 1 amide bonds. The van der Waals surface area contributed by atoms with Gasteiger partial charge in [-0.25, -0.2) is 12.8 Å². The number of rotatable bonds is 5. The number of piperidine rings is 1. The van der Waals surface area contributed by atoms with Crippen molar-refractivity contribution < 1.29 is 22.0 Å². The van der Waals surface area contributed by atoms with Crippen LogP contribution in [0.2, 0.25) is 5.02 Å². The zero-order chi connectivity index (χ0) is 21.3. The van der Waals surface area contributed by atoms with Gasteiger partial charge >= 0.3 is 11.8 Å². The summed E-state index contributed by atoms with van der Waals surface area (Å²) in [5.41, 5.74) is 0.427. The molecular formula is C18H16ClFN4O4S2. The molecule has 0 aliphatic carbocycles. The van der Waals surface area contributed by atoms with Gasteiger partial charge in [-0.3, -0.25) is 9.52 Å². The van der Waals surface area contributed by atoms with Gasteiger partial charge in [0.1, 0.15) is 10.0 Å². The van der Waals surface area contributed by atoms with E-state index in [4.69, 9.17) is 16.0 Å². The number of nitrogens with one attached hydrogen (secondary N) is 1. The van der Waals surface area contributed by atoms with Gasteiger partial charge in [0.2, 0.25) is 5.89 Å². The van der Waals surface area contributed by atoms with Crippen molar-refractivity contribution in [3.05, 3.63) is 46.4 Å². The van der Waals surface area contributed by atoms with Gasteiger partial charge in [-0.05, 0) is 43.5 Å². The van der Waals surface area contributed by atoms with Crippen molar-refractivity contribution in [2.45, 2.75) is 23.5 Å². The Morgan fingerprint density at radius 3 is 2.70 bits per heavy atom. The molecule has 0 bridgehead atoms. The van der Waals surface area contributed by atoms with Crippen molar-refractivity contribution >= 4 is 44.6 Å². The summed E-state index contributed by atoms with van der Waals surface area (Å²) in [6.45, 7) is 1.30. The predicted octanol–water partition coefficient (Wildman–Crippen LogP) is 4.02. The molecule has 0 saturated carbocycles. The molecule has 0 atom stereocenters. The highest BCUT2D eigenvalue weighted by Crippen LogP contribution is 2.31. The van der Waals surface area contributed by atoms with Crippen LogP contribution in [0.25, 0.3) is 11.5 Å². The molecule has 1 N–H and O–H groups in total. The zero-order valence-electron chi connectivity index (χ0n) is 15.5. The van der Waals surface area contributed by atoms with Gasteiger partial charge in [0.15, 0.2) is 0 Å². The quantitative estimate of drug-likeness (QED) is 0.603. The topological polar surface area (TPSA) is 105 Å². The number of carbonyl (C=O) groups excluding carboxylic acids is 1. The van der Waals surface area contributed by atoms with Crippen LogP contribution < -0.4 is 4.72 Å². The Morgan fingerprint density at radius 1 is 1.20 bits per heavy atom. The lowest BCUT2D eigenvalue weighted by Gasteiger charge is -2.24. The number of anilines is 1. The van der Waals surface area contributed by atoms with Crippen molar-refractivity contribution in [3.63, 3.8) is 0 Å². The standard InChI is InChI=1S/C18H16ClFN4O4S2/c19-13-9-12(20)4-5-14(13)23-30(26,27)15-8-11(10-29-15)16-21-22-17(28-16)18(25)24-6-2-1-3-7-24/h4-5,8-10,23H,1-3,6-7H2. The number of thiophene rings is 1. The van der Waals surface area contributed by atoms with E-state index in [0.29, 0.717) is 18.7 Å². The van der Waals surface area contributed by atoms with E-state index in [0.717, 1.165) is 42.7 Å². The SMILES string of the molecule is O=C(c1nnc(-c2csc(S(=O)(=O)Nc3ccc(F)cc3Cl)c2)o1)N1CCCCC1. The van der Waals surface area contributed by atoms with E-state index < -0.39 is 15.8 Å². The molecule has 2 aromatic heterocycles. The average Bonchev–Trinajstić information content (AvgIpc) is 3.40. The Hall–Kier alpha value is -2.50. The van der Waals surface area contributed by atoms with Gasteiger partial charge in [-0.2, -0.15) is 0 Å². The molecule has 0 unspecified atom stereocenters. The summed E-state index contributed by atoms with van der Waals surface area (Å²) in [5.74, 6) is -0.983. The fourth-order valence-electron chi connectivity index (χ4n) is 3.00. The van der Waals surface area contributed by atoms with Crippen molar-refractivity contribution in [2.75, 3.05) is 17.8 Å². The Kier molecular flexibility index (Phi) is 5.76. The Morgan fingerprint density at radius 2 is 1.97 bits per heavy atom. The molecular weight excluding hydrogens is 455 g/mol. The highest BCUT2D eigenvalue weighted by molar-refractivity contribution is 7.94. The van der Waals surface area contributed by atoms with Gasteiger partial charge in [-0.15, -0.1) is 21.5 Å². The number of nitrogens with zero attached hydrogens (tertiary/aromatic N) is 3. The normalized spacial score (nSPS) is 14.7. The first-order valence-corrected chi connectivity index (χ1v) is 11.8. The van der Waals surface area contributed by atoms with Crippen molar-refractivity contribution in [2.24, 2.45) is 0 Å². The lowest BCUT2D eigenvalue weighted by Crippen LogP contribution is -2.35. The summed E-state index contributed by atoms with van der Waals surface area (Å²) in [4.78, 5) is 14.1. The van der Waals surface area contributed by atoms with E-state index in [1.807, 2.05) is 0 Å². The smallest absolute Gasteiger partial charge is 0.311 e. The predicted molar refractivity (Wildman–Crippen MR) is 110 cm³/mol. The molecule has 12 heteroatoms.